The van der Waals surface area contributed by atoms with E-state index in [-0.39, 0.29) is 18.5 Å². The first kappa shape index (κ1) is 21.9. The molecule has 0 spiro atoms. The van der Waals surface area contributed by atoms with Gasteiger partial charge in [0.1, 0.15) is 17.3 Å². The Morgan fingerprint density at radius 2 is 1.81 bits per heavy atom. The van der Waals surface area contributed by atoms with E-state index in [9.17, 15) is 9.59 Å². The highest BCUT2D eigenvalue weighted by Crippen LogP contribution is 2.29. The first-order chi connectivity index (χ1) is 14.7. The van der Waals surface area contributed by atoms with Gasteiger partial charge in [-0.1, -0.05) is 0 Å². The van der Waals surface area contributed by atoms with Crippen molar-refractivity contribution in [1.82, 2.24) is 19.4 Å². The molecule has 3 amide bonds. The highest BCUT2D eigenvalue weighted by atomic mass is 16.5. The number of fused-ring (bicyclic) bond motifs is 1. The third-order valence-electron chi connectivity index (χ3n) is 5.00. The second-order valence-corrected chi connectivity index (χ2v) is 7.34. The molecule has 31 heavy (non-hydrogen) atoms. The van der Waals surface area contributed by atoms with Gasteiger partial charge in [-0.05, 0) is 30.3 Å². The number of benzene rings is 2. The van der Waals surface area contributed by atoms with E-state index in [0.717, 1.165) is 5.52 Å². The number of urea groups is 1. The van der Waals surface area contributed by atoms with Crippen LogP contribution in [0.1, 0.15) is 16.2 Å². The van der Waals surface area contributed by atoms with Gasteiger partial charge in [-0.3, -0.25) is 4.79 Å². The maximum absolute atomic E-state index is 12.7. The summed E-state index contributed by atoms with van der Waals surface area (Å²) < 4.78 is 12.4. The average molecular weight is 425 g/mol. The molecule has 1 aromatic heterocycles. The van der Waals surface area contributed by atoms with E-state index in [1.807, 2.05) is 17.7 Å². The Kier molecular flexibility index (Phi) is 6.33. The average Bonchev–Trinajstić information content (AvgIpc) is 3.07. The summed E-state index contributed by atoms with van der Waals surface area (Å²) in [5.41, 5.74) is 2.70. The molecule has 0 fully saturated rings. The van der Waals surface area contributed by atoms with Crippen LogP contribution >= 0.6 is 0 Å². The second-order valence-electron chi connectivity index (χ2n) is 7.34. The van der Waals surface area contributed by atoms with Crippen molar-refractivity contribution in [2.75, 3.05) is 40.7 Å². The zero-order chi connectivity index (χ0) is 22.7. The summed E-state index contributed by atoms with van der Waals surface area (Å²) >= 11 is 0. The van der Waals surface area contributed by atoms with Crippen molar-refractivity contribution in [2.45, 2.75) is 6.54 Å². The van der Waals surface area contributed by atoms with Gasteiger partial charge in [0, 0.05) is 39.8 Å². The topological polar surface area (TPSA) is 88.9 Å². The molecule has 0 aliphatic carbocycles. The zero-order valence-electron chi connectivity index (χ0n) is 18.6. The number of nitrogens with one attached hydrogen (secondary N) is 1. The van der Waals surface area contributed by atoms with E-state index >= 15 is 0 Å². The molecule has 0 saturated carbocycles. The molecule has 0 atom stereocenters. The largest absolute Gasteiger partial charge is 0.497 e. The molecule has 3 rings (SSSR count). The fourth-order valence-corrected chi connectivity index (χ4v) is 3.18. The molecule has 0 bridgehead atoms. The summed E-state index contributed by atoms with van der Waals surface area (Å²) in [7, 11) is 10.1. The number of aryl methyl sites for hydroxylation is 1. The van der Waals surface area contributed by atoms with Crippen LogP contribution in [0.5, 0.6) is 11.5 Å². The molecule has 0 aliphatic rings. The Morgan fingerprint density at radius 1 is 1.06 bits per heavy atom. The third-order valence-corrected chi connectivity index (χ3v) is 5.00. The lowest BCUT2D eigenvalue weighted by Gasteiger charge is -2.19. The van der Waals surface area contributed by atoms with Crippen molar-refractivity contribution in [1.29, 1.82) is 0 Å². The molecule has 3 aromatic rings. The number of nitrogens with zero attached hydrogens (tertiary/aromatic N) is 4. The van der Waals surface area contributed by atoms with E-state index in [1.165, 1.54) is 16.9 Å². The van der Waals surface area contributed by atoms with E-state index < -0.39 is 0 Å². The van der Waals surface area contributed by atoms with E-state index in [1.54, 1.807) is 58.6 Å². The maximum atomic E-state index is 12.7. The minimum atomic E-state index is -0.306. The summed E-state index contributed by atoms with van der Waals surface area (Å²) in [6.07, 6.45) is 0. The number of amides is 3. The number of anilines is 1. The van der Waals surface area contributed by atoms with Crippen molar-refractivity contribution in [2.24, 2.45) is 7.05 Å². The van der Waals surface area contributed by atoms with Gasteiger partial charge >= 0.3 is 6.03 Å². The summed E-state index contributed by atoms with van der Waals surface area (Å²) in [6, 6.07) is 10.3. The minimum Gasteiger partial charge on any atom is -0.497 e. The number of methoxy groups -OCH3 is 2. The SMILES string of the molecule is COc1ccc(NC(=O)N(C)Cc2nc3cc(C(=O)N(C)C)ccc3n2C)c(OC)c1. The highest BCUT2D eigenvalue weighted by molar-refractivity contribution is 5.97. The molecule has 1 heterocycles. The monoisotopic (exact) mass is 425 g/mol. The number of hydrogen-bond acceptors (Lipinski definition) is 5. The first-order valence-corrected chi connectivity index (χ1v) is 9.66. The van der Waals surface area contributed by atoms with Crippen LogP contribution in [0.2, 0.25) is 0 Å². The van der Waals surface area contributed by atoms with Crippen molar-refractivity contribution < 1.29 is 19.1 Å². The summed E-state index contributed by atoms with van der Waals surface area (Å²) in [4.78, 5) is 32.6. The molecule has 9 nitrogen and oxygen atoms in total. The number of rotatable bonds is 6. The Labute approximate surface area is 181 Å². The lowest BCUT2D eigenvalue weighted by Crippen LogP contribution is -2.31. The van der Waals surface area contributed by atoms with Crippen molar-refractivity contribution >= 4 is 28.7 Å². The minimum absolute atomic E-state index is 0.0842. The normalized spacial score (nSPS) is 10.6. The van der Waals surface area contributed by atoms with Crippen molar-refractivity contribution in [3.8, 4) is 11.5 Å². The lowest BCUT2D eigenvalue weighted by atomic mass is 10.2. The van der Waals surface area contributed by atoms with Gasteiger partial charge in [-0.25, -0.2) is 9.78 Å². The van der Waals surface area contributed by atoms with Crippen LogP contribution < -0.4 is 14.8 Å². The highest BCUT2D eigenvalue weighted by Gasteiger charge is 2.17. The van der Waals surface area contributed by atoms with Crippen LogP contribution in [0, 0.1) is 0 Å². The van der Waals surface area contributed by atoms with Gasteiger partial charge in [-0.15, -0.1) is 0 Å². The molecule has 1 N–H and O–H groups in total. The number of aromatic nitrogens is 2. The smallest absolute Gasteiger partial charge is 0.322 e. The fraction of sp³-hybridized carbons (Fsp3) is 0.318. The van der Waals surface area contributed by atoms with Crippen LogP contribution in [0.25, 0.3) is 11.0 Å². The summed E-state index contributed by atoms with van der Waals surface area (Å²) in [6.45, 7) is 0.284. The summed E-state index contributed by atoms with van der Waals surface area (Å²) in [5.74, 6) is 1.75. The molecule has 0 unspecified atom stereocenters. The predicted octanol–water partition coefficient (Wildman–Crippen LogP) is 2.96. The Balaban J connectivity index is 1.78. The quantitative estimate of drug-likeness (QED) is 0.656. The van der Waals surface area contributed by atoms with Gasteiger partial charge in [-0.2, -0.15) is 0 Å². The zero-order valence-corrected chi connectivity index (χ0v) is 18.6. The van der Waals surface area contributed by atoms with Crippen LogP contribution in [0.4, 0.5) is 10.5 Å². The van der Waals surface area contributed by atoms with E-state index in [2.05, 4.69) is 10.3 Å². The third kappa shape index (κ3) is 4.55. The Hall–Kier alpha value is -3.75. The van der Waals surface area contributed by atoms with Crippen molar-refractivity contribution in [3.05, 3.63) is 47.8 Å². The number of hydrogen-bond donors (Lipinski definition) is 1. The van der Waals surface area contributed by atoms with E-state index in [4.69, 9.17) is 9.47 Å². The van der Waals surface area contributed by atoms with Crippen LogP contribution in [-0.4, -0.2) is 66.7 Å². The lowest BCUT2D eigenvalue weighted by molar-refractivity contribution is 0.0827. The molecule has 164 valence electrons. The van der Waals surface area contributed by atoms with Crippen LogP contribution in [0.15, 0.2) is 36.4 Å². The molecule has 0 radical (unpaired) electrons. The molecule has 0 aliphatic heterocycles. The van der Waals surface area contributed by atoms with Crippen LogP contribution in [0.3, 0.4) is 0 Å². The predicted molar refractivity (Wildman–Crippen MR) is 119 cm³/mol. The van der Waals surface area contributed by atoms with Gasteiger partial charge < -0.3 is 29.2 Å². The maximum Gasteiger partial charge on any atom is 0.322 e. The number of imidazole rings is 1. The standard InChI is InChI=1S/C22H27N5O4/c1-25(2)21(28)14-7-10-18-17(11-14)23-20(27(18)4)13-26(3)22(29)24-16-9-8-15(30-5)12-19(16)31-6/h7-12H,13H2,1-6H3,(H,24,29). The van der Waals surface area contributed by atoms with E-state index in [0.29, 0.717) is 34.1 Å². The summed E-state index contributed by atoms with van der Waals surface area (Å²) in [5, 5.41) is 2.84. The number of carbonyl (C=O) groups excluding carboxylic acids is 2. The van der Waals surface area contributed by atoms with Gasteiger partial charge in [0.05, 0.1) is 37.5 Å². The number of ether oxygens (including phenoxy) is 2. The Bertz CT molecular complexity index is 1120. The van der Waals surface area contributed by atoms with Gasteiger partial charge in [0.25, 0.3) is 5.91 Å². The number of carbonyl (C=O) groups is 2. The molecular weight excluding hydrogens is 398 g/mol. The van der Waals surface area contributed by atoms with Gasteiger partial charge in [0.2, 0.25) is 0 Å². The van der Waals surface area contributed by atoms with Crippen LogP contribution in [-0.2, 0) is 13.6 Å². The first-order valence-electron chi connectivity index (χ1n) is 9.66. The fourth-order valence-electron chi connectivity index (χ4n) is 3.18. The molecular formula is C22H27N5O4. The van der Waals surface area contributed by atoms with Crippen molar-refractivity contribution in [3.63, 3.8) is 0 Å². The molecule has 0 saturated heterocycles. The molecule has 2 aromatic carbocycles. The Morgan fingerprint density at radius 3 is 2.45 bits per heavy atom. The van der Waals surface area contributed by atoms with Gasteiger partial charge in [0.15, 0.2) is 0 Å². The second kappa shape index (κ2) is 8.95. The molecule has 9 heteroatoms.